The van der Waals surface area contributed by atoms with Crippen LogP contribution in [0.3, 0.4) is 0 Å². The Morgan fingerprint density at radius 2 is 0.889 bits per heavy atom. The molecule has 13 rings (SSSR count). The van der Waals surface area contributed by atoms with Gasteiger partial charge in [0.05, 0.1) is 18.3 Å². The van der Waals surface area contributed by atoms with Gasteiger partial charge in [0.15, 0.2) is 11.3 Å². The van der Waals surface area contributed by atoms with E-state index in [0.717, 1.165) is 70.3 Å². The van der Waals surface area contributed by atoms with E-state index >= 15 is 0 Å². The molecule has 6 atom stereocenters. The second kappa shape index (κ2) is 30.3. The first-order valence-corrected chi connectivity index (χ1v) is 30.3. The van der Waals surface area contributed by atoms with E-state index in [9.17, 15) is 24.0 Å². The monoisotopic (exact) mass is 1210 g/mol. The van der Waals surface area contributed by atoms with E-state index < -0.39 is 5.97 Å². The van der Waals surface area contributed by atoms with Crippen molar-refractivity contribution in [3.63, 3.8) is 0 Å². The SMILES string of the molecule is CC1CN(Cc2ccccc2)CC1c1nn2c(-c3ccccc3)ncc2c(=O)[nH]1.CC1CN(Cc2ccccc2)CC1c1nnc(CN)c(=O)[nH]1.CC1CN(Cc2ccccc2)CC1c1nnc(CNC(=O)c2ccccc2)c(=O)[nH]1.O=C(O)c1ccccc1. The molecule has 7 N–H and O–H groups in total. The molecule has 90 heavy (non-hydrogen) atoms. The van der Waals surface area contributed by atoms with Crippen molar-refractivity contribution in [3.05, 3.63) is 276 Å². The second-order valence-electron chi connectivity index (χ2n) is 23.3. The zero-order valence-corrected chi connectivity index (χ0v) is 50.7. The summed E-state index contributed by atoms with van der Waals surface area (Å²) in [4.78, 5) is 79.8. The number of hydrogen-bond donors (Lipinski definition) is 6. The Labute approximate surface area is 521 Å². The van der Waals surface area contributed by atoms with Crippen LogP contribution in [-0.4, -0.2) is 121 Å². The van der Waals surface area contributed by atoms with Crippen LogP contribution in [-0.2, 0) is 32.7 Å². The number of carbonyl (C=O) groups excluding carboxylic acids is 1. The number of H-pyrrole nitrogens is 3. The molecule has 3 aliphatic heterocycles. The number of nitrogens with one attached hydrogen (secondary N) is 4. The summed E-state index contributed by atoms with van der Waals surface area (Å²) in [6.07, 6.45) is 1.59. The number of rotatable bonds is 15. The van der Waals surface area contributed by atoms with E-state index in [1.807, 2.05) is 66.7 Å². The van der Waals surface area contributed by atoms with Crippen LogP contribution in [0.4, 0.5) is 0 Å². The summed E-state index contributed by atoms with van der Waals surface area (Å²) in [5, 5.41) is 32.4. The van der Waals surface area contributed by atoms with Crippen LogP contribution in [0.25, 0.3) is 16.9 Å². The van der Waals surface area contributed by atoms with Crippen molar-refractivity contribution in [2.24, 2.45) is 23.5 Å². The van der Waals surface area contributed by atoms with Gasteiger partial charge < -0.3 is 31.1 Å². The van der Waals surface area contributed by atoms with E-state index in [4.69, 9.17) is 15.9 Å². The maximum Gasteiger partial charge on any atom is 0.335 e. The standard InChI is InChI=1S/C23H25N5O2.C23H23N5O.C16H21N5O.C7H6O2/c1-16-13-28(14-17-8-4-2-5-9-17)15-19(16)21-25-23(30)20(26-27-21)12-24-22(29)18-10-6-3-7-11-18;1-16-13-27(14-17-8-4-2-5-9-17)15-19(16)21-25-23(29)20-12-24-22(28(20)26-21)18-10-6-3-7-11-18;1-11-8-21(9-12-5-3-2-4-6-12)10-13(11)15-18-16(22)14(7-17)19-20-15;8-7(9)6-4-2-1-3-5-6/h2-11,16,19H,12-15H2,1H3,(H,24,29)(H,25,27,30);2-12,16,19H,13-15H2,1H3,(H,25,26,29);2-6,11,13H,7-10,17H2,1H3,(H,18,20,22);1-5H,(H,8,9). The lowest BCUT2D eigenvalue weighted by atomic mass is 9.97. The minimum atomic E-state index is -0.879. The smallest absolute Gasteiger partial charge is 0.335 e. The van der Waals surface area contributed by atoms with Crippen LogP contribution in [0.5, 0.6) is 0 Å². The van der Waals surface area contributed by atoms with Crippen LogP contribution in [0.1, 0.15) is 105 Å². The molecule has 462 valence electrons. The number of aromatic nitrogens is 10. The topological polar surface area (TPSA) is 282 Å². The first-order valence-electron chi connectivity index (χ1n) is 30.3. The van der Waals surface area contributed by atoms with Crippen LogP contribution >= 0.6 is 0 Å². The largest absolute Gasteiger partial charge is 0.478 e. The number of imidazole rings is 1. The summed E-state index contributed by atoms with van der Waals surface area (Å²) in [6, 6.07) is 58.3. The Kier molecular flexibility index (Phi) is 21.3. The highest BCUT2D eigenvalue weighted by atomic mass is 16.4. The van der Waals surface area contributed by atoms with Crippen molar-refractivity contribution < 1.29 is 14.7 Å². The van der Waals surface area contributed by atoms with E-state index in [2.05, 4.69) is 142 Å². The molecule has 3 aliphatic rings. The lowest BCUT2D eigenvalue weighted by molar-refractivity contribution is 0.0696. The van der Waals surface area contributed by atoms with Gasteiger partial charge in [0.25, 0.3) is 22.6 Å². The molecule has 0 radical (unpaired) electrons. The molecule has 21 heteroatoms. The van der Waals surface area contributed by atoms with Gasteiger partial charge in [-0.3, -0.25) is 33.9 Å². The second-order valence-corrected chi connectivity index (χ2v) is 23.3. The van der Waals surface area contributed by atoms with Gasteiger partial charge in [-0.1, -0.05) is 178 Å². The molecule has 1 amide bonds. The Bertz CT molecular complexity index is 4120. The highest BCUT2D eigenvalue weighted by Crippen LogP contribution is 2.33. The van der Waals surface area contributed by atoms with Crippen LogP contribution < -0.4 is 27.7 Å². The fourth-order valence-electron chi connectivity index (χ4n) is 11.8. The van der Waals surface area contributed by atoms with E-state index in [1.165, 1.54) is 16.7 Å². The molecule has 21 nitrogen and oxygen atoms in total. The quantitative estimate of drug-likeness (QED) is 0.0569. The van der Waals surface area contributed by atoms with Crippen molar-refractivity contribution in [1.29, 1.82) is 0 Å². The Morgan fingerprint density at radius 1 is 0.500 bits per heavy atom. The Morgan fingerprint density at radius 3 is 1.30 bits per heavy atom. The molecule has 0 bridgehead atoms. The zero-order chi connectivity index (χ0) is 62.9. The minimum absolute atomic E-state index is 0.0384. The average Bonchev–Trinajstić information content (AvgIpc) is 1.73. The number of nitrogens with zero attached hydrogens (tertiary/aromatic N) is 10. The summed E-state index contributed by atoms with van der Waals surface area (Å²) in [5.41, 5.74) is 11.4. The number of amides is 1. The number of likely N-dealkylation sites (tertiary alicyclic amines) is 3. The average molecular weight is 1210 g/mol. The van der Waals surface area contributed by atoms with Gasteiger partial charge in [-0.25, -0.2) is 14.3 Å². The van der Waals surface area contributed by atoms with Gasteiger partial charge in [-0.05, 0) is 58.7 Å². The van der Waals surface area contributed by atoms with Gasteiger partial charge in [-0.15, -0.1) is 20.4 Å². The van der Waals surface area contributed by atoms with Gasteiger partial charge in [-0.2, -0.15) is 5.10 Å². The van der Waals surface area contributed by atoms with Crippen molar-refractivity contribution >= 4 is 17.4 Å². The van der Waals surface area contributed by atoms with Crippen molar-refractivity contribution in [2.45, 2.75) is 71.2 Å². The fourth-order valence-corrected chi connectivity index (χ4v) is 11.8. The summed E-state index contributed by atoms with van der Waals surface area (Å²) < 4.78 is 1.69. The molecule has 3 fully saturated rings. The third-order valence-electron chi connectivity index (χ3n) is 16.5. The Hall–Kier alpha value is -9.93. The molecule has 7 heterocycles. The molecular weight excluding hydrogens is 1130 g/mol. The number of carboxylic acid groups (broad SMARTS) is 1. The Balaban J connectivity index is 0.000000140. The molecule has 0 spiro atoms. The lowest BCUT2D eigenvalue weighted by Crippen LogP contribution is -2.30. The number of benzene rings is 6. The van der Waals surface area contributed by atoms with Gasteiger partial charge in [0, 0.05) is 94.3 Å². The van der Waals surface area contributed by atoms with Crippen molar-refractivity contribution in [3.8, 4) is 11.4 Å². The highest BCUT2D eigenvalue weighted by molar-refractivity contribution is 5.94. The van der Waals surface area contributed by atoms with E-state index in [-0.39, 0.29) is 64.8 Å². The summed E-state index contributed by atoms with van der Waals surface area (Å²) in [5.74, 6) is 3.30. The van der Waals surface area contributed by atoms with E-state index in [1.54, 1.807) is 65.3 Å². The predicted molar refractivity (Wildman–Crippen MR) is 344 cm³/mol. The molecule has 6 aromatic carbocycles. The third-order valence-corrected chi connectivity index (χ3v) is 16.5. The van der Waals surface area contributed by atoms with Gasteiger partial charge >= 0.3 is 5.97 Å². The summed E-state index contributed by atoms with van der Waals surface area (Å²) in [7, 11) is 0. The first kappa shape index (κ1) is 63.1. The molecular formula is C69H75N15O6. The minimum Gasteiger partial charge on any atom is -0.478 e. The maximum absolute atomic E-state index is 12.7. The first-order chi connectivity index (χ1) is 43.8. The zero-order valence-electron chi connectivity index (χ0n) is 50.7. The lowest BCUT2D eigenvalue weighted by Gasteiger charge is -2.16. The normalized spacial score (nSPS) is 19.0. The number of carbonyl (C=O) groups is 2. The number of hydrogen-bond acceptors (Lipinski definition) is 15. The molecule has 4 aromatic heterocycles. The fraction of sp³-hybridized carbons (Fsp3) is 0.290. The van der Waals surface area contributed by atoms with Gasteiger partial charge in [0.1, 0.15) is 28.9 Å². The molecule has 0 aliphatic carbocycles. The third kappa shape index (κ3) is 16.4. The molecule has 0 saturated carbocycles. The van der Waals surface area contributed by atoms with Crippen molar-refractivity contribution in [2.75, 3.05) is 39.3 Å². The van der Waals surface area contributed by atoms with Crippen LogP contribution in [0, 0.1) is 17.8 Å². The molecule has 6 unspecified atom stereocenters. The summed E-state index contributed by atoms with van der Waals surface area (Å²) >= 11 is 0. The summed E-state index contributed by atoms with van der Waals surface area (Å²) in [6.45, 7) is 14.9. The molecule has 3 saturated heterocycles. The van der Waals surface area contributed by atoms with E-state index in [0.29, 0.717) is 51.9 Å². The number of aromatic amines is 3. The van der Waals surface area contributed by atoms with Gasteiger partial charge in [0.2, 0.25) is 0 Å². The van der Waals surface area contributed by atoms with Crippen LogP contribution in [0.15, 0.2) is 203 Å². The number of nitrogens with two attached hydrogens (primary N) is 1. The van der Waals surface area contributed by atoms with Crippen molar-refractivity contribution in [1.82, 2.24) is 70.0 Å². The highest BCUT2D eigenvalue weighted by Gasteiger charge is 2.35. The maximum atomic E-state index is 12.7. The number of aromatic carboxylic acids is 1. The van der Waals surface area contributed by atoms with Crippen LogP contribution in [0.2, 0.25) is 0 Å². The number of carboxylic acids is 1. The molecule has 10 aromatic rings. The number of fused-ring (bicyclic) bond motifs is 1. The predicted octanol–water partition coefficient (Wildman–Crippen LogP) is 7.89.